The van der Waals surface area contributed by atoms with E-state index in [9.17, 15) is 10.1 Å². The van der Waals surface area contributed by atoms with Crippen molar-refractivity contribution in [1.82, 2.24) is 0 Å². The smallest absolute Gasteiger partial charge is 0.258 e. The van der Waals surface area contributed by atoms with Crippen molar-refractivity contribution in [2.45, 2.75) is 51.9 Å². The lowest BCUT2D eigenvalue weighted by Gasteiger charge is -2.13. The maximum Gasteiger partial charge on any atom is 0.269 e. The van der Waals surface area contributed by atoms with Gasteiger partial charge in [-0.3, -0.25) is 10.1 Å². The number of rotatable bonds is 9. The SMILES string of the molecule is C=C(C)[C@H](/C=C/CCCCCC)c1ccc([N+](=O)[O-])cc1. The quantitative estimate of drug-likeness (QED) is 0.250. The van der Waals surface area contributed by atoms with Gasteiger partial charge in [0.2, 0.25) is 0 Å². The number of nitro groups is 1. The van der Waals surface area contributed by atoms with Gasteiger partial charge in [-0.2, -0.15) is 0 Å². The molecule has 1 rings (SSSR count). The van der Waals surface area contributed by atoms with Gasteiger partial charge in [0.1, 0.15) is 0 Å². The Bertz CT molecular complexity index is 488. The van der Waals surface area contributed by atoms with Crippen LogP contribution in [0.5, 0.6) is 0 Å². The molecule has 0 radical (unpaired) electrons. The first-order chi connectivity index (χ1) is 10.1. The first-order valence-electron chi connectivity index (χ1n) is 7.62. The highest BCUT2D eigenvalue weighted by Crippen LogP contribution is 2.26. The second-order valence-electron chi connectivity index (χ2n) is 5.45. The maximum atomic E-state index is 10.7. The Kier molecular flexibility index (Phi) is 7.44. The molecule has 1 aromatic carbocycles. The second kappa shape index (κ2) is 9.11. The molecule has 114 valence electrons. The standard InChI is InChI=1S/C18H25NO2/c1-4-5-6-7-8-9-10-18(15(2)3)16-11-13-17(14-12-16)19(20)21/h9-14,18H,2,4-8H2,1,3H3/b10-9+/t18-/m0/s1. The molecule has 1 aromatic rings. The molecule has 0 saturated heterocycles. The molecule has 0 bridgehead atoms. The van der Waals surface area contributed by atoms with Crippen LogP contribution in [0.15, 0.2) is 48.6 Å². The Labute approximate surface area is 127 Å². The molecule has 0 fully saturated rings. The number of hydrogen-bond acceptors (Lipinski definition) is 2. The van der Waals surface area contributed by atoms with Crippen LogP contribution < -0.4 is 0 Å². The predicted molar refractivity (Wildman–Crippen MR) is 88.6 cm³/mol. The van der Waals surface area contributed by atoms with Crippen molar-refractivity contribution in [1.29, 1.82) is 0 Å². The van der Waals surface area contributed by atoms with Gasteiger partial charge in [-0.05, 0) is 25.3 Å². The Balaban J connectivity index is 2.66. The van der Waals surface area contributed by atoms with E-state index >= 15 is 0 Å². The minimum atomic E-state index is -0.372. The van der Waals surface area contributed by atoms with Gasteiger partial charge in [0.05, 0.1) is 4.92 Å². The number of allylic oxidation sites excluding steroid dienone is 3. The molecule has 0 heterocycles. The minimum Gasteiger partial charge on any atom is -0.258 e. The summed E-state index contributed by atoms with van der Waals surface area (Å²) >= 11 is 0. The topological polar surface area (TPSA) is 43.1 Å². The average molecular weight is 287 g/mol. The van der Waals surface area contributed by atoms with Gasteiger partial charge in [0.25, 0.3) is 5.69 Å². The van der Waals surface area contributed by atoms with E-state index in [0.29, 0.717) is 0 Å². The molecule has 1 atom stereocenters. The fourth-order valence-corrected chi connectivity index (χ4v) is 2.28. The zero-order chi connectivity index (χ0) is 15.7. The van der Waals surface area contributed by atoms with Crippen LogP contribution in [0.2, 0.25) is 0 Å². The van der Waals surface area contributed by atoms with Crippen LogP contribution in [0.4, 0.5) is 5.69 Å². The van der Waals surface area contributed by atoms with Gasteiger partial charge in [0, 0.05) is 18.1 Å². The van der Waals surface area contributed by atoms with E-state index in [1.165, 1.54) is 25.7 Å². The summed E-state index contributed by atoms with van der Waals surface area (Å²) < 4.78 is 0. The maximum absolute atomic E-state index is 10.7. The molecule has 0 N–H and O–H groups in total. The van der Waals surface area contributed by atoms with Crippen molar-refractivity contribution in [3.63, 3.8) is 0 Å². The van der Waals surface area contributed by atoms with Crippen LogP contribution in [-0.4, -0.2) is 4.92 Å². The lowest BCUT2D eigenvalue weighted by atomic mass is 9.92. The van der Waals surface area contributed by atoms with Crippen LogP contribution in [0, 0.1) is 10.1 Å². The summed E-state index contributed by atoms with van der Waals surface area (Å²) in [5, 5.41) is 10.7. The van der Waals surface area contributed by atoms with Crippen LogP contribution in [0.3, 0.4) is 0 Å². The third-order valence-corrected chi connectivity index (χ3v) is 3.55. The molecule has 0 amide bonds. The van der Waals surface area contributed by atoms with E-state index in [4.69, 9.17) is 0 Å². The number of unbranched alkanes of at least 4 members (excludes halogenated alkanes) is 4. The normalized spacial score (nSPS) is 12.5. The molecule has 0 aliphatic rings. The second-order valence-corrected chi connectivity index (χ2v) is 5.45. The Morgan fingerprint density at radius 3 is 2.48 bits per heavy atom. The average Bonchev–Trinajstić information content (AvgIpc) is 2.46. The highest BCUT2D eigenvalue weighted by atomic mass is 16.6. The van der Waals surface area contributed by atoms with E-state index < -0.39 is 0 Å². The van der Waals surface area contributed by atoms with E-state index in [0.717, 1.165) is 17.6 Å². The lowest BCUT2D eigenvalue weighted by molar-refractivity contribution is -0.384. The monoisotopic (exact) mass is 287 g/mol. The molecular formula is C18H25NO2. The summed E-state index contributed by atoms with van der Waals surface area (Å²) in [5.41, 5.74) is 2.23. The molecule has 0 aliphatic carbocycles. The van der Waals surface area contributed by atoms with Crippen LogP contribution in [-0.2, 0) is 0 Å². The first kappa shape index (κ1) is 17.2. The molecule has 21 heavy (non-hydrogen) atoms. The van der Waals surface area contributed by atoms with Gasteiger partial charge in [-0.25, -0.2) is 0 Å². The molecule has 0 saturated carbocycles. The summed E-state index contributed by atoms with van der Waals surface area (Å²) in [6.45, 7) is 8.24. The van der Waals surface area contributed by atoms with Crippen LogP contribution in [0.1, 0.15) is 57.4 Å². The number of benzene rings is 1. The van der Waals surface area contributed by atoms with Crippen molar-refractivity contribution >= 4 is 5.69 Å². The summed E-state index contributed by atoms with van der Waals surface area (Å²) in [7, 11) is 0. The number of nitrogens with zero attached hydrogens (tertiary/aromatic N) is 1. The summed E-state index contributed by atoms with van der Waals surface area (Å²) in [6, 6.07) is 6.75. The van der Waals surface area contributed by atoms with Crippen LogP contribution in [0.25, 0.3) is 0 Å². The molecular weight excluding hydrogens is 262 g/mol. The summed E-state index contributed by atoms with van der Waals surface area (Å²) in [5.74, 6) is 0.136. The number of nitro benzene ring substituents is 1. The van der Waals surface area contributed by atoms with E-state index in [-0.39, 0.29) is 16.5 Å². The summed E-state index contributed by atoms with van der Waals surface area (Å²) in [6.07, 6.45) is 10.5. The van der Waals surface area contributed by atoms with Crippen molar-refractivity contribution < 1.29 is 4.92 Å². The Morgan fingerprint density at radius 2 is 1.95 bits per heavy atom. The van der Waals surface area contributed by atoms with Crippen molar-refractivity contribution in [3.05, 3.63) is 64.2 Å². The molecule has 0 aliphatic heterocycles. The molecule has 0 spiro atoms. The van der Waals surface area contributed by atoms with Gasteiger partial charge >= 0.3 is 0 Å². The minimum absolute atomic E-state index is 0.128. The largest absolute Gasteiger partial charge is 0.269 e. The van der Waals surface area contributed by atoms with Gasteiger partial charge in [-0.1, -0.05) is 62.6 Å². The van der Waals surface area contributed by atoms with Gasteiger partial charge in [0.15, 0.2) is 0 Å². The lowest BCUT2D eigenvalue weighted by Crippen LogP contribution is -1.97. The van der Waals surface area contributed by atoms with Crippen molar-refractivity contribution in [2.24, 2.45) is 0 Å². The van der Waals surface area contributed by atoms with Gasteiger partial charge < -0.3 is 0 Å². The van der Waals surface area contributed by atoms with E-state index in [1.807, 2.05) is 19.1 Å². The Morgan fingerprint density at radius 1 is 1.29 bits per heavy atom. The molecule has 0 aromatic heterocycles. The molecule has 3 heteroatoms. The van der Waals surface area contributed by atoms with Crippen LogP contribution >= 0.6 is 0 Å². The fraction of sp³-hybridized carbons (Fsp3) is 0.444. The third kappa shape index (κ3) is 5.94. The van der Waals surface area contributed by atoms with Crippen molar-refractivity contribution in [2.75, 3.05) is 0 Å². The first-order valence-corrected chi connectivity index (χ1v) is 7.62. The zero-order valence-corrected chi connectivity index (χ0v) is 13.0. The zero-order valence-electron chi connectivity index (χ0n) is 13.0. The number of hydrogen-bond donors (Lipinski definition) is 0. The third-order valence-electron chi connectivity index (χ3n) is 3.55. The summed E-state index contributed by atoms with van der Waals surface area (Å²) in [4.78, 5) is 10.3. The fourth-order valence-electron chi connectivity index (χ4n) is 2.28. The van der Waals surface area contributed by atoms with E-state index in [2.05, 4.69) is 25.7 Å². The predicted octanol–water partition coefficient (Wildman–Crippen LogP) is 5.78. The van der Waals surface area contributed by atoms with Crippen molar-refractivity contribution in [3.8, 4) is 0 Å². The van der Waals surface area contributed by atoms with E-state index in [1.54, 1.807) is 12.1 Å². The molecule has 0 unspecified atom stereocenters. The van der Waals surface area contributed by atoms with Gasteiger partial charge in [-0.15, -0.1) is 0 Å². The highest BCUT2D eigenvalue weighted by molar-refractivity contribution is 5.39. The molecule has 3 nitrogen and oxygen atoms in total. The Hall–Kier alpha value is -1.90. The number of non-ortho nitro benzene ring substituents is 1. The highest BCUT2D eigenvalue weighted by Gasteiger charge is 2.11.